The van der Waals surface area contributed by atoms with Gasteiger partial charge in [0.15, 0.2) is 0 Å². The van der Waals surface area contributed by atoms with Crippen LogP contribution in [0.1, 0.15) is 53.0 Å². The lowest BCUT2D eigenvalue weighted by Crippen LogP contribution is -2.46. The average molecular weight is 574 g/mol. The van der Waals surface area contributed by atoms with Crippen LogP contribution in [0.15, 0.2) is 54.9 Å². The highest BCUT2D eigenvalue weighted by atomic mass is 32.1. The lowest BCUT2D eigenvalue weighted by Gasteiger charge is -2.36. The lowest BCUT2D eigenvalue weighted by atomic mass is 9.82. The van der Waals surface area contributed by atoms with E-state index in [0.717, 1.165) is 42.0 Å². The van der Waals surface area contributed by atoms with Gasteiger partial charge in [-0.15, -0.1) is 11.3 Å². The van der Waals surface area contributed by atoms with Crippen molar-refractivity contribution in [2.45, 2.75) is 56.0 Å². The van der Waals surface area contributed by atoms with E-state index in [0.29, 0.717) is 30.9 Å². The van der Waals surface area contributed by atoms with Crippen LogP contribution < -0.4 is 10.6 Å². The van der Waals surface area contributed by atoms with Crippen LogP contribution in [0, 0.1) is 0 Å². The first-order valence-corrected chi connectivity index (χ1v) is 14.0. The Morgan fingerprint density at radius 2 is 1.88 bits per heavy atom. The monoisotopic (exact) mass is 573 g/mol. The number of aromatic nitrogens is 2. The standard InChI is InChI=1S/C28H30F3N5O3S/c29-28(30,31)19-5-3-4-18(14-19)25(38)33-16-24(37)36-13-9-21(17-36)35-20-7-10-27(39,11-8-20)26-34-15-23(40-26)22-6-1-2-12-32-22/h1-6,12,14-15,20-21,35,39H,7-11,13,16-17H2,(H,33,38). The zero-order valence-corrected chi connectivity index (χ0v) is 22.5. The maximum absolute atomic E-state index is 12.9. The van der Waals surface area contributed by atoms with E-state index in [1.165, 1.54) is 23.5 Å². The third kappa shape index (κ3) is 6.51. The summed E-state index contributed by atoms with van der Waals surface area (Å²) in [7, 11) is 0. The molecule has 1 aromatic carbocycles. The summed E-state index contributed by atoms with van der Waals surface area (Å²) in [6.07, 6.45) is 2.40. The normalized spacial score (nSPS) is 23.2. The number of hydrogen-bond donors (Lipinski definition) is 3. The van der Waals surface area contributed by atoms with Gasteiger partial charge in [0.1, 0.15) is 10.6 Å². The summed E-state index contributed by atoms with van der Waals surface area (Å²) < 4.78 is 38.7. The highest BCUT2D eigenvalue weighted by molar-refractivity contribution is 7.15. The first-order chi connectivity index (χ1) is 19.1. The van der Waals surface area contributed by atoms with Crippen LogP contribution in [-0.4, -0.2) is 63.5 Å². The zero-order valence-electron chi connectivity index (χ0n) is 21.7. The molecule has 1 saturated carbocycles. The van der Waals surface area contributed by atoms with Gasteiger partial charge in [-0.1, -0.05) is 12.1 Å². The van der Waals surface area contributed by atoms with Crippen LogP contribution in [-0.2, 0) is 16.6 Å². The van der Waals surface area contributed by atoms with Crippen molar-refractivity contribution in [1.29, 1.82) is 0 Å². The molecule has 0 spiro atoms. The number of nitrogens with one attached hydrogen (secondary N) is 2. The summed E-state index contributed by atoms with van der Waals surface area (Å²) in [5, 5.41) is 18.0. The van der Waals surface area contributed by atoms with Crippen molar-refractivity contribution in [1.82, 2.24) is 25.5 Å². The van der Waals surface area contributed by atoms with Crippen molar-refractivity contribution in [3.63, 3.8) is 0 Å². The molecule has 1 aliphatic heterocycles. The number of aliphatic hydroxyl groups is 1. The third-order valence-electron chi connectivity index (χ3n) is 7.50. The first-order valence-electron chi connectivity index (χ1n) is 13.2. The molecule has 3 heterocycles. The molecular weight excluding hydrogens is 543 g/mol. The lowest BCUT2D eigenvalue weighted by molar-refractivity contribution is -0.137. The molecule has 3 N–H and O–H groups in total. The molecule has 3 aromatic rings. The first kappa shape index (κ1) is 28.2. The number of carbonyl (C=O) groups is 2. The van der Waals surface area contributed by atoms with Crippen LogP contribution in [0.5, 0.6) is 0 Å². The Labute approximate surface area is 233 Å². The molecule has 0 radical (unpaired) electrons. The van der Waals surface area contributed by atoms with Crippen LogP contribution in [0.3, 0.4) is 0 Å². The van der Waals surface area contributed by atoms with E-state index in [9.17, 15) is 27.9 Å². The summed E-state index contributed by atoms with van der Waals surface area (Å²) in [5.41, 5.74) is -1.19. The molecule has 1 unspecified atom stereocenters. The van der Waals surface area contributed by atoms with Crippen molar-refractivity contribution in [2.75, 3.05) is 19.6 Å². The minimum Gasteiger partial charge on any atom is -0.383 e. The Bertz CT molecular complexity index is 1340. The number of pyridine rings is 1. The Morgan fingerprint density at radius 3 is 2.60 bits per heavy atom. The summed E-state index contributed by atoms with van der Waals surface area (Å²) in [4.78, 5) is 36.4. The molecule has 2 aromatic heterocycles. The van der Waals surface area contributed by atoms with E-state index in [1.807, 2.05) is 18.2 Å². The maximum atomic E-state index is 12.9. The summed E-state index contributed by atoms with van der Waals surface area (Å²) in [6.45, 7) is 0.730. The number of halogens is 3. The fourth-order valence-electron chi connectivity index (χ4n) is 5.25. The van der Waals surface area contributed by atoms with Gasteiger partial charge in [0.05, 0.1) is 22.7 Å². The highest BCUT2D eigenvalue weighted by Gasteiger charge is 2.39. The molecule has 212 valence electrons. The molecular formula is C28H30F3N5O3S. The fourth-order valence-corrected chi connectivity index (χ4v) is 6.29. The summed E-state index contributed by atoms with van der Waals surface area (Å²) in [6, 6.07) is 10.1. The van der Waals surface area contributed by atoms with Crippen molar-refractivity contribution in [3.05, 3.63) is 71.0 Å². The van der Waals surface area contributed by atoms with Gasteiger partial charge < -0.3 is 20.6 Å². The van der Waals surface area contributed by atoms with E-state index >= 15 is 0 Å². The molecule has 40 heavy (non-hydrogen) atoms. The molecule has 2 fully saturated rings. The number of hydrogen-bond acceptors (Lipinski definition) is 7. The van der Waals surface area contributed by atoms with Crippen LogP contribution in [0.4, 0.5) is 13.2 Å². The number of thiazole rings is 1. The number of benzene rings is 1. The van der Waals surface area contributed by atoms with Crippen molar-refractivity contribution in [2.24, 2.45) is 0 Å². The minimum atomic E-state index is -4.55. The Balaban J connectivity index is 1.07. The second kappa shape index (κ2) is 11.6. The van der Waals surface area contributed by atoms with Crippen LogP contribution >= 0.6 is 11.3 Å². The molecule has 1 saturated heterocycles. The largest absolute Gasteiger partial charge is 0.416 e. The minimum absolute atomic E-state index is 0.0925. The molecule has 2 amide bonds. The van der Waals surface area contributed by atoms with Gasteiger partial charge in [0.25, 0.3) is 5.91 Å². The Morgan fingerprint density at radius 1 is 1.07 bits per heavy atom. The zero-order chi connectivity index (χ0) is 28.3. The predicted molar refractivity (Wildman–Crippen MR) is 143 cm³/mol. The van der Waals surface area contributed by atoms with E-state index in [-0.39, 0.29) is 30.1 Å². The molecule has 2 aliphatic rings. The molecule has 0 bridgehead atoms. The van der Waals surface area contributed by atoms with E-state index < -0.39 is 23.2 Å². The van der Waals surface area contributed by atoms with Gasteiger partial charge in [-0.2, -0.15) is 13.2 Å². The van der Waals surface area contributed by atoms with E-state index in [1.54, 1.807) is 17.3 Å². The van der Waals surface area contributed by atoms with Gasteiger partial charge in [0.2, 0.25) is 5.91 Å². The highest BCUT2D eigenvalue weighted by Crippen LogP contribution is 2.40. The Hall–Kier alpha value is -3.35. The second-order valence-corrected chi connectivity index (χ2v) is 11.3. The van der Waals surface area contributed by atoms with E-state index in [2.05, 4.69) is 20.6 Å². The number of amides is 2. The average Bonchev–Trinajstić information content (AvgIpc) is 3.64. The van der Waals surface area contributed by atoms with Gasteiger partial charge in [-0.3, -0.25) is 14.6 Å². The maximum Gasteiger partial charge on any atom is 0.416 e. The summed E-state index contributed by atoms with van der Waals surface area (Å²) >= 11 is 1.47. The topological polar surface area (TPSA) is 107 Å². The number of rotatable bonds is 7. The van der Waals surface area contributed by atoms with Gasteiger partial charge in [-0.25, -0.2) is 4.98 Å². The number of nitrogens with zero attached hydrogens (tertiary/aromatic N) is 3. The number of likely N-dealkylation sites (tertiary alicyclic amines) is 1. The summed E-state index contributed by atoms with van der Waals surface area (Å²) in [5.74, 6) is -1.01. The van der Waals surface area contributed by atoms with Gasteiger partial charge >= 0.3 is 6.18 Å². The molecule has 12 heteroatoms. The smallest absolute Gasteiger partial charge is 0.383 e. The number of carbonyl (C=O) groups excluding carboxylic acids is 2. The SMILES string of the molecule is O=C(NCC(=O)N1CCC(NC2CCC(O)(c3ncc(-c4ccccn4)s3)CC2)C1)c1cccc(C(F)(F)F)c1. The molecule has 1 aliphatic carbocycles. The van der Waals surface area contributed by atoms with Crippen molar-refractivity contribution in [3.8, 4) is 10.6 Å². The van der Waals surface area contributed by atoms with Crippen molar-refractivity contribution >= 4 is 23.2 Å². The van der Waals surface area contributed by atoms with Gasteiger partial charge in [0, 0.05) is 43.1 Å². The van der Waals surface area contributed by atoms with Crippen molar-refractivity contribution < 1.29 is 27.9 Å². The molecule has 1 atom stereocenters. The van der Waals surface area contributed by atoms with Gasteiger partial charge in [-0.05, 0) is 62.4 Å². The van der Waals surface area contributed by atoms with Crippen LogP contribution in [0.25, 0.3) is 10.6 Å². The second-order valence-electron chi connectivity index (χ2n) is 10.3. The molecule has 8 nitrogen and oxygen atoms in total. The predicted octanol–water partition coefficient (Wildman–Crippen LogP) is 3.97. The number of alkyl halides is 3. The fraction of sp³-hybridized carbons (Fsp3) is 0.429. The Kier molecular flexibility index (Phi) is 8.20. The van der Waals surface area contributed by atoms with E-state index in [4.69, 9.17) is 0 Å². The quantitative estimate of drug-likeness (QED) is 0.395. The third-order valence-corrected chi connectivity index (χ3v) is 8.71. The van der Waals surface area contributed by atoms with Crippen LogP contribution in [0.2, 0.25) is 0 Å². The molecule has 5 rings (SSSR count).